The van der Waals surface area contributed by atoms with E-state index in [1.165, 1.54) is 18.2 Å². The summed E-state index contributed by atoms with van der Waals surface area (Å²) >= 11 is 0. The molecule has 6 rings (SSSR count). The first-order chi connectivity index (χ1) is 19.0. The van der Waals surface area contributed by atoms with Crippen molar-refractivity contribution in [3.8, 4) is 11.5 Å². The molecule has 3 N–H and O–H groups in total. The number of nitrogens with one attached hydrogen (secondary N) is 2. The number of aromatic nitrogens is 1. The average molecular weight is 522 g/mol. The summed E-state index contributed by atoms with van der Waals surface area (Å²) in [6.45, 7) is 0.840. The van der Waals surface area contributed by atoms with Crippen LogP contribution >= 0.6 is 0 Å². The fraction of sp³-hybridized carbons (Fsp3) is 0.100. The van der Waals surface area contributed by atoms with E-state index in [4.69, 9.17) is 9.47 Å². The first kappa shape index (κ1) is 24.1. The molecular formula is C30H23N3O6. The molecule has 5 aromatic rings. The van der Waals surface area contributed by atoms with Crippen molar-refractivity contribution in [2.45, 2.75) is 6.54 Å². The fourth-order valence-electron chi connectivity index (χ4n) is 4.80. The minimum atomic E-state index is -1.19. The number of carbonyl (C=O) groups excluding carboxylic acids is 2. The third-order valence-electron chi connectivity index (χ3n) is 6.51. The van der Waals surface area contributed by atoms with Gasteiger partial charge in [0.05, 0.1) is 5.56 Å². The number of rotatable bonds is 6. The van der Waals surface area contributed by atoms with Crippen LogP contribution in [0.2, 0.25) is 0 Å². The second-order valence-corrected chi connectivity index (χ2v) is 9.09. The van der Waals surface area contributed by atoms with Crippen molar-refractivity contribution in [1.29, 1.82) is 0 Å². The third kappa shape index (κ3) is 4.73. The Hall–Kier alpha value is -5.31. The molecule has 9 heteroatoms. The topological polar surface area (TPSA) is 119 Å². The van der Waals surface area contributed by atoms with Gasteiger partial charge in [-0.25, -0.2) is 4.79 Å². The summed E-state index contributed by atoms with van der Waals surface area (Å²) in [6.07, 6.45) is 0. The van der Waals surface area contributed by atoms with Crippen LogP contribution in [0.15, 0.2) is 84.9 Å². The summed E-state index contributed by atoms with van der Waals surface area (Å²) in [4.78, 5) is 37.9. The van der Waals surface area contributed by atoms with Crippen molar-refractivity contribution in [3.05, 3.63) is 96.1 Å². The van der Waals surface area contributed by atoms with Gasteiger partial charge in [-0.2, -0.15) is 0 Å². The first-order valence-electron chi connectivity index (χ1n) is 12.3. The molecule has 1 aliphatic rings. The number of hydrogen-bond acceptors (Lipinski definition) is 5. The Morgan fingerprint density at radius 1 is 0.718 bits per heavy atom. The van der Waals surface area contributed by atoms with Crippen LogP contribution in [0.25, 0.3) is 21.8 Å². The van der Waals surface area contributed by atoms with Crippen LogP contribution in [0, 0.1) is 0 Å². The zero-order chi connectivity index (χ0) is 26.9. The van der Waals surface area contributed by atoms with Gasteiger partial charge in [0, 0.05) is 38.7 Å². The lowest BCUT2D eigenvalue weighted by molar-refractivity contribution is -0.116. The van der Waals surface area contributed by atoms with E-state index in [0.717, 1.165) is 21.8 Å². The minimum absolute atomic E-state index is 0.0181. The van der Waals surface area contributed by atoms with Gasteiger partial charge in [-0.15, -0.1) is 0 Å². The first-order valence-corrected chi connectivity index (χ1v) is 12.3. The largest absolute Gasteiger partial charge is 0.486 e. The lowest BCUT2D eigenvalue weighted by atomic mass is 10.1. The lowest BCUT2D eigenvalue weighted by Gasteiger charge is -2.18. The zero-order valence-electron chi connectivity index (χ0n) is 20.6. The van der Waals surface area contributed by atoms with Gasteiger partial charge in [0.25, 0.3) is 5.91 Å². The maximum Gasteiger partial charge on any atom is 0.335 e. The molecule has 4 aromatic carbocycles. The predicted octanol–water partition coefficient (Wildman–Crippen LogP) is 5.15. The Morgan fingerprint density at radius 2 is 1.33 bits per heavy atom. The number of anilines is 2. The number of fused-ring (bicyclic) bond motifs is 4. The minimum Gasteiger partial charge on any atom is -0.486 e. The van der Waals surface area contributed by atoms with Crippen molar-refractivity contribution in [2.24, 2.45) is 0 Å². The Bertz CT molecular complexity index is 1720. The van der Waals surface area contributed by atoms with Crippen LogP contribution in [0.5, 0.6) is 11.5 Å². The number of benzene rings is 4. The Morgan fingerprint density at radius 3 is 2.00 bits per heavy atom. The van der Waals surface area contributed by atoms with Crippen LogP contribution in [0.1, 0.15) is 20.7 Å². The van der Waals surface area contributed by atoms with Crippen molar-refractivity contribution >= 4 is 51.0 Å². The van der Waals surface area contributed by atoms with E-state index in [9.17, 15) is 19.5 Å². The second-order valence-electron chi connectivity index (χ2n) is 9.09. The number of amides is 2. The number of carboxylic acid groups (broad SMARTS) is 1. The van der Waals surface area contributed by atoms with E-state index in [0.29, 0.717) is 30.3 Å². The smallest absolute Gasteiger partial charge is 0.335 e. The number of nitrogens with zero attached hydrogens (tertiary/aromatic N) is 1. The second kappa shape index (κ2) is 9.86. The molecule has 0 spiro atoms. The number of ether oxygens (including phenoxy) is 2. The van der Waals surface area contributed by atoms with Gasteiger partial charge in [0.2, 0.25) is 5.91 Å². The van der Waals surface area contributed by atoms with Crippen LogP contribution in [0.3, 0.4) is 0 Å². The Labute approximate surface area is 222 Å². The fourth-order valence-corrected chi connectivity index (χ4v) is 4.80. The number of carbonyl (C=O) groups is 3. The molecule has 1 aliphatic heterocycles. The molecule has 0 bridgehead atoms. The zero-order valence-corrected chi connectivity index (χ0v) is 20.6. The highest BCUT2D eigenvalue weighted by Gasteiger charge is 2.17. The summed E-state index contributed by atoms with van der Waals surface area (Å²) in [7, 11) is 0. The molecular weight excluding hydrogens is 498 g/mol. The van der Waals surface area contributed by atoms with Crippen molar-refractivity contribution in [1.82, 2.24) is 4.57 Å². The molecule has 0 saturated heterocycles. The maximum atomic E-state index is 13.1. The van der Waals surface area contributed by atoms with Gasteiger partial charge < -0.3 is 29.8 Å². The van der Waals surface area contributed by atoms with Crippen molar-refractivity contribution in [3.63, 3.8) is 0 Å². The highest BCUT2D eigenvalue weighted by molar-refractivity contribution is 6.09. The summed E-state index contributed by atoms with van der Waals surface area (Å²) in [6, 6.07) is 24.7. The van der Waals surface area contributed by atoms with E-state index in [2.05, 4.69) is 10.6 Å². The van der Waals surface area contributed by atoms with E-state index in [-0.39, 0.29) is 29.4 Å². The number of para-hydroxylation sites is 2. The molecule has 1 aromatic heterocycles. The molecule has 2 amide bonds. The van der Waals surface area contributed by atoms with E-state index < -0.39 is 11.9 Å². The van der Waals surface area contributed by atoms with Gasteiger partial charge in [-0.1, -0.05) is 36.4 Å². The summed E-state index contributed by atoms with van der Waals surface area (Å²) in [5, 5.41) is 17.2. The van der Waals surface area contributed by atoms with E-state index >= 15 is 0 Å². The summed E-state index contributed by atoms with van der Waals surface area (Å²) in [5.74, 6) is -0.973. The highest BCUT2D eigenvalue weighted by Crippen LogP contribution is 2.32. The monoisotopic (exact) mass is 521 g/mol. The van der Waals surface area contributed by atoms with Gasteiger partial charge in [-0.05, 0) is 48.5 Å². The molecule has 2 heterocycles. The molecule has 0 fully saturated rings. The van der Waals surface area contributed by atoms with Crippen LogP contribution in [0.4, 0.5) is 11.4 Å². The molecule has 9 nitrogen and oxygen atoms in total. The van der Waals surface area contributed by atoms with Crippen molar-refractivity contribution < 1.29 is 29.0 Å². The van der Waals surface area contributed by atoms with Gasteiger partial charge in [0.15, 0.2) is 11.5 Å². The normalized spacial score (nSPS) is 12.3. The van der Waals surface area contributed by atoms with Crippen LogP contribution in [-0.4, -0.2) is 40.7 Å². The molecule has 194 valence electrons. The summed E-state index contributed by atoms with van der Waals surface area (Å²) < 4.78 is 13.0. The van der Waals surface area contributed by atoms with Crippen molar-refractivity contribution in [2.75, 3.05) is 23.8 Å². The number of carboxylic acids is 1. The van der Waals surface area contributed by atoms with Crippen LogP contribution < -0.4 is 20.1 Å². The molecule has 0 saturated carbocycles. The molecule has 39 heavy (non-hydrogen) atoms. The Balaban J connectivity index is 1.25. The predicted molar refractivity (Wildman–Crippen MR) is 147 cm³/mol. The molecule has 0 unspecified atom stereocenters. The van der Waals surface area contributed by atoms with Gasteiger partial charge >= 0.3 is 5.97 Å². The molecule has 0 atom stereocenters. The SMILES string of the molecule is O=C(Cn1c2ccccc2c2ccccc21)Nc1cc(NC(=O)c2ccc3c(c2)OCCO3)cc(C(=O)O)c1. The molecule has 0 aliphatic carbocycles. The molecule has 0 radical (unpaired) electrons. The summed E-state index contributed by atoms with van der Waals surface area (Å²) in [5.41, 5.74) is 2.54. The van der Waals surface area contributed by atoms with Gasteiger partial charge in [-0.3, -0.25) is 9.59 Å². The van der Waals surface area contributed by atoms with E-state index in [1.54, 1.807) is 18.2 Å². The number of aromatic carboxylic acids is 1. The van der Waals surface area contributed by atoms with E-state index in [1.807, 2.05) is 53.1 Å². The van der Waals surface area contributed by atoms with Gasteiger partial charge in [0.1, 0.15) is 19.8 Å². The highest BCUT2D eigenvalue weighted by atomic mass is 16.6. The average Bonchev–Trinajstić information content (AvgIpc) is 3.26. The standard InChI is InChI=1S/C30H23N3O6/c34-28(17-33-24-7-3-1-5-22(24)23-6-2-4-8-25(23)33)31-20-13-19(30(36)37)14-21(16-20)32-29(35)18-9-10-26-27(15-18)39-12-11-38-26/h1-10,13-16H,11-12,17H2,(H,31,34)(H,32,35)(H,36,37). The Kier molecular flexibility index (Phi) is 6.08. The maximum absolute atomic E-state index is 13.1. The third-order valence-corrected chi connectivity index (χ3v) is 6.51. The number of hydrogen-bond donors (Lipinski definition) is 3. The quantitative estimate of drug-likeness (QED) is 0.284. The van der Waals surface area contributed by atoms with Crippen LogP contribution in [-0.2, 0) is 11.3 Å². The lowest BCUT2D eigenvalue weighted by Crippen LogP contribution is -2.19.